The molecular formula is C32H26F4N4O3. The molecule has 3 aromatic carbocycles. The Morgan fingerprint density at radius 1 is 0.767 bits per heavy atom. The number of alkyl halides is 3. The fourth-order valence-electron chi connectivity index (χ4n) is 5.93. The first-order valence-electron chi connectivity index (χ1n) is 13.7. The summed E-state index contributed by atoms with van der Waals surface area (Å²) in [5, 5.41) is 5.22. The topological polar surface area (TPSA) is 83.4 Å². The summed E-state index contributed by atoms with van der Waals surface area (Å²) in [7, 11) is 0. The highest BCUT2D eigenvalue weighted by Crippen LogP contribution is 2.39. The van der Waals surface area contributed by atoms with Crippen molar-refractivity contribution in [1.82, 2.24) is 4.57 Å². The lowest BCUT2D eigenvalue weighted by Crippen LogP contribution is -2.47. The van der Waals surface area contributed by atoms with Gasteiger partial charge in [0.15, 0.2) is 0 Å². The second kappa shape index (κ2) is 11.0. The van der Waals surface area contributed by atoms with Crippen molar-refractivity contribution in [1.29, 1.82) is 0 Å². The zero-order valence-electron chi connectivity index (χ0n) is 22.7. The number of carbonyl (C=O) groups is 2. The third kappa shape index (κ3) is 5.75. The molecule has 2 atom stereocenters. The Bertz CT molecular complexity index is 1790. The minimum absolute atomic E-state index is 0.0242. The number of benzene rings is 3. The summed E-state index contributed by atoms with van der Waals surface area (Å²) in [5.74, 6) is -1.85. The summed E-state index contributed by atoms with van der Waals surface area (Å²) in [6.07, 6.45) is -3.75. The van der Waals surface area contributed by atoms with Crippen molar-refractivity contribution in [3.63, 3.8) is 0 Å². The number of pyridine rings is 1. The summed E-state index contributed by atoms with van der Waals surface area (Å²) in [6, 6.07) is 19.6. The minimum atomic E-state index is -4.63. The Balaban J connectivity index is 1.34. The van der Waals surface area contributed by atoms with Gasteiger partial charge < -0.3 is 20.1 Å². The van der Waals surface area contributed by atoms with Gasteiger partial charge >= 0.3 is 6.18 Å². The first kappa shape index (κ1) is 28.2. The van der Waals surface area contributed by atoms with Gasteiger partial charge in [0, 0.05) is 48.4 Å². The highest BCUT2D eigenvalue weighted by atomic mass is 19.4. The van der Waals surface area contributed by atoms with Crippen LogP contribution in [0.1, 0.15) is 44.3 Å². The normalized spacial score (nSPS) is 17.6. The van der Waals surface area contributed by atoms with Crippen LogP contribution in [0, 0.1) is 11.7 Å². The van der Waals surface area contributed by atoms with E-state index in [1.54, 1.807) is 28.8 Å². The van der Waals surface area contributed by atoms with Crippen LogP contribution in [0.3, 0.4) is 0 Å². The average molecular weight is 591 g/mol. The maximum atomic E-state index is 14.2. The molecule has 3 heterocycles. The van der Waals surface area contributed by atoms with E-state index in [4.69, 9.17) is 0 Å². The summed E-state index contributed by atoms with van der Waals surface area (Å²) in [6.45, 7) is 1.62. The van der Waals surface area contributed by atoms with Crippen molar-refractivity contribution in [3.8, 4) is 0 Å². The number of anilines is 3. The molecule has 0 radical (unpaired) electrons. The Labute approximate surface area is 243 Å². The Morgan fingerprint density at radius 3 is 2.26 bits per heavy atom. The number of nitrogens with zero attached hydrogens (tertiary/aromatic N) is 2. The third-order valence-corrected chi connectivity index (χ3v) is 7.90. The van der Waals surface area contributed by atoms with Crippen LogP contribution < -0.4 is 21.1 Å². The number of halogens is 4. The van der Waals surface area contributed by atoms with E-state index in [1.807, 2.05) is 6.07 Å². The van der Waals surface area contributed by atoms with Crippen LogP contribution >= 0.6 is 0 Å². The molecule has 0 saturated carbocycles. The van der Waals surface area contributed by atoms with E-state index in [1.165, 1.54) is 36.4 Å². The van der Waals surface area contributed by atoms with E-state index in [2.05, 4.69) is 15.5 Å². The van der Waals surface area contributed by atoms with Crippen LogP contribution in [0.15, 0.2) is 89.7 Å². The second-order valence-electron chi connectivity index (χ2n) is 10.8. The molecular weight excluding hydrogens is 564 g/mol. The smallest absolute Gasteiger partial charge is 0.369 e. The minimum Gasteiger partial charge on any atom is -0.369 e. The largest absolute Gasteiger partial charge is 0.416 e. The number of aromatic nitrogens is 1. The molecule has 11 heteroatoms. The number of amides is 2. The molecule has 1 aromatic heterocycles. The Hall–Kier alpha value is -4.93. The van der Waals surface area contributed by atoms with Gasteiger partial charge in [-0.25, -0.2) is 4.39 Å². The van der Waals surface area contributed by atoms with Crippen molar-refractivity contribution in [2.45, 2.75) is 25.1 Å². The van der Waals surface area contributed by atoms with Gasteiger partial charge in [0.05, 0.1) is 22.6 Å². The zero-order valence-corrected chi connectivity index (χ0v) is 22.7. The predicted molar refractivity (Wildman–Crippen MR) is 154 cm³/mol. The molecule has 2 aliphatic heterocycles. The predicted octanol–water partition coefficient (Wildman–Crippen LogP) is 6.13. The molecule has 2 amide bonds. The van der Waals surface area contributed by atoms with Gasteiger partial charge in [-0.05, 0) is 66.9 Å². The summed E-state index contributed by atoms with van der Waals surface area (Å²) in [4.78, 5) is 40.9. The van der Waals surface area contributed by atoms with Gasteiger partial charge in [0.25, 0.3) is 17.4 Å². The quantitative estimate of drug-likeness (QED) is 0.274. The molecule has 220 valence electrons. The first-order valence-corrected chi connectivity index (χ1v) is 13.7. The molecule has 7 nitrogen and oxygen atoms in total. The number of fused-ring (bicyclic) bond motifs is 4. The summed E-state index contributed by atoms with van der Waals surface area (Å²) < 4.78 is 56.0. The molecule has 1 saturated heterocycles. The fourth-order valence-corrected chi connectivity index (χ4v) is 5.93. The van der Waals surface area contributed by atoms with Crippen LogP contribution in [0.25, 0.3) is 0 Å². The molecule has 43 heavy (non-hydrogen) atoms. The van der Waals surface area contributed by atoms with E-state index < -0.39 is 29.4 Å². The molecule has 0 unspecified atom stereocenters. The highest BCUT2D eigenvalue weighted by molar-refractivity contribution is 6.09. The number of para-hydroxylation sites is 1. The lowest BCUT2D eigenvalue weighted by atomic mass is 9.83. The number of hydrogen-bond acceptors (Lipinski definition) is 4. The van der Waals surface area contributed by atoms with Gasteiger partial charge in [-0.15, -0.1) is 0 Å². The number of piperidine rings is 1. The van der Waals surface area contributed by atoms with Crippen molar-refractivity contribution >= 4 is 28.9 Å². The van der Waals surface area contributed by atoms with Gasteiger partial charge in [-0.2, -0.15) is 13.2 Å². The second-order valence-corrected chi connectivity index (χ2v) is 10.8. The number of rotatable bonds is 5. The van der Waals surface area contributed by atoms with Crippen molar-refractivity contribution in [2.75, 3.05) is 28.6 Å². The summed E-state index contributed by atoms with van der Waals surface area (Å²) in [5.41, 5.74) is 0.577. The molecule has 0 aliphatic carbocycles. The lowest BCUT2D eigenvalue weighted by molar-refractivity contribution is -0.137. The average Bonchev–Trinajstić information content (AvgIpc) is 2.98. The molecule has 2 N–H and O–H groups in total. The van der Waals surface area contributed by atoms with Crippen molar-refractivity contribution in [3.05, 3.63) is 123 Å². The van der Waals surface area contributed by atoms with Crippen LogP contribution in [0.4, 0.5) is 34.6 Å². The monoisotopic (exact) mass is 590 g/mol. The molecule has 0 spiro atoms. The Kier molecular flexibility index (Phi) is 7.25. The first-order chi connectivity index (χ1) is 20.6. The number of carbonyl (C=O) groups excluding carboxylic acids is 2. The van der Waals surface area contributed by atoms with E-state index in [0.29, 0.717) is 25.3 Å². The SMILES string of the molecule is O=C(Nc1ccccc1F)c1ccc(N2C[C@@H]3C[C@H](C2)c2cccc(=O)n2C3)c(NC(=O)c2cccc(C(F)(F)F)c2)c1. The number of hydrogen-bond donors (Lipinski definition) is 2. The fraction of sp³-hybridized carbons (Fsp3) is 0.219. The third-order valence-electron chi connectivity index (χ3n) is 7.90. The molecule has 2 aliphatic rings. The maximum Gasteiger partial charge on any atom is 0.416 e. The van der Waals surface area contributed by atoms with E-state index in [9.17, 15) is 31.9 Å². The van der Waals surface area contributed by atoms with Crippen molar-refractivity contribution in [2.24, 2.45) is 5.92 Å². The van der Waals surface area contributed by atoms with Crippen LogP contribution in [0.2, 0.25) is 0 Å². The van der Waals surface area contributed by atoms with Gasteiger partial charge in [0.1, 0.15) is 5.82 Å². The van der Waals surface area contributed by atoms with Crippen LogP contribution in [-0.4, -0.2) is 29.5 Å². The number of nitrogens with one attached hydrogen (secondary N) is 2. The zero-order chi connectivity index (χ0) is 30.3. The van der Waals surface area contributed by atoms with E-state index >= 15 is 0 Å². The molecule has 4 aromatic rings. The Morgan fingerprint density at radius 2 is 1.49 bits per heavy atom. The van der Waals surface area contributed by atoms with Gasteiger partial charge in [-0.1, -0.05) is 24.3 Å². The van der Waals surface area contributed by atoms with Gasteiger partial charge in [0.2, 0.25) is 0 Å². The molecule has 6 rings (SSSR count). The maximum absolute atomic E-state index is 14.2. The lowest BCUT2D eigenvalue weighted by Gasteiger charge is -2.44. The van der Waals surface area contributed by atoms with Crippen LogP contribution in [0.5, 0.6) is 0 Å². The van der Waals surface area contributed by atoms with E-state index in [-0.39, 0.29) is 39.9 Å². The summed E-state index contributed by atoms with van der Waals surface area (Å²) >= 11 is 0. The van der Waals surface area contributed by atoms with Crippen molar-refractivity contribution < 1.29 is 27.2 Å². The van der Waals surface area contributed by atoms with Gasteiger partial charge in [-0.3, -0.25) is 14.4 Å². The highest BCUT2D eigenvalue weighted by Gasteiger charge is 2.36. The molecule has 2 bridgehead atoms. The molecule has 1 fully saturated rings. The van der Waals surface area contributed by atoms with E-state index in [0.717, 1.165) is 30.3 Å². The standard InChI is InChI=1S/C32H26F4N4O3/c33-24-7-1-2-8-25(24)37-31(43)21-11-12-28(26(15-21)38-30(42)20-5-3-6-23(14-20)32(34,35)36)39-16-19-13-22(18-39)27-9-4-10-29(41)40(27)17-19/h1-12,14-15,19,22H,13,16-18H2,(H,37,43)(H,38,42)/t19-,22+/m0/s1. The van der Waals surface area contributed by atoms with Crippen LogP contribution in [-0.2, 0) is 12.7 Å².